The van der Waals surface area contributed by atoms with Crippen LogP contribution in [0.4, 0.5) is 0 Å². The van der Waals surface area contributed by atoms with Crippen LogP contribution in [0.1, 0.15) is 74.1 Å². The normalized spacial score (nSPS) is 42.8. The summed E-state index contributed by atoms with van der Waals surface area (Å²) in [6, 6.07) is 0. The van der Waals surface area contributed by atoms with Crippen molar-refractivity contribution in [1.82, 2.24) is 0 Å². The summed E-state index contributed by atoms with van der Waals surface area (Å²) in [7, 11) is 0. The molecule has 1 N–H and O–H groups in total. The van der Waals surface area contributed by atoms with Gasteiger partial charge < -0.3 is 24.1 Å². The standard InChI is InChI=1S/C28H38O10/c1-13-23(33)28-21(37-16(4)31)11-19-25(6,7)10-9-20(36-15(3)30)26(19,8)22(28)18(35-14(2)29)12-27(13,34)24(28)38-17(5)32/h18-22,24,34H,1,9-12H2,2-8H3/t18-,19-,20-,21-,22-,24+,26+,27-,28-/m1/s1. The van der Waals surface area contributed by atoms with Crippen molar-refractivity contribution in [3.63, 3.8) is 0 Å². The van der Waals surface area contributed by atoms with Crippen LogP contribution in [0.25, 0.3) is 0 Å². The van der Waals surface area contributed by atoms with E-state index in [9.17, 15) is 29.1 Å². The maximum absolute atomic E-state index is 14.4. The molecular formula is C28H38O10. The number of hydrogen-bond acceptors (Lipinski definition) is 10. The summed E-state index contributed by atoms with van der Waals surface area (Å²) in [4.78, 5) is 63.9. The Labute approximate surface area is 222 Å². The van der Waals surface area contributed by atoms with Gasteiger partial charge in [-0.3, -0.25) is 24.0 Å². The van der Waals surface area contributed by atoms with Gasteiger partial charge in [-0.05, 0) is 30.6 Å². The lowest BCUT2D eigenvalue weighted by atomic mass is 9.38. The molecule has 210 valence electrons. The van der Waals surface area contributed by atoms with Gasteiger partial charge in [0.2, 0.25) is 0 Å². The van der Waals surface area contributed by atoms with Crippen LogP contribution >= 0.6 is 0 Å². The summed E-state index contributed by atoms with van der Waals surface area (Å²) in [5, 5.41) is 11.9. The van der Waals surface area contributed by atoms with Crippen molar-refractivity contribution in [2.45, 2.75) is 104 Å². The highest BCUT2D eigenvalue weighted by Crippen LogP contribution is 2.73. The minimum Gasteiger partial charge on any atom is -0.462 e. The Morgan fingerprint density at radius 1 is 0.868 bits per heavy atom. The molecule has 38 heavy (non-hydrogen) atoms. The van der Waals surface area contributed by atoms with E-state index in [1.54, 1.807) is 0 Å². The van der Waals surface area contributed by atoms with Gasteiger partial charge in [-0.1, -0.05) is 27.4 Å². The maximum Gasteiger partial charge on any atom is 0.303 e. The average molecular weight is 535 g/mol. The smallest absolute Gasteiger partial charge is 0.303 e. The van der Waals surface area contributed by atoms with E-state index in [-0.39, 0.29) is 29.7 Å². The molecule has 0 aliphatic heterocycles. The molecule has 4 aliphatic rings. The van der Waals surface area contributed by atoms with Crippen molar-refractivity contribution < 1.29 is 48.0 Å². The van der Waals surface area contributed by atoms with Gasteiger partial charge in [0.15, 0.2) is 11.9 Å². The van der Waals surface area contributed by atoms with E-state index in [0.29, 0.717) is 12.8 Å². The third-order valence-corrected chi connectivity index (χ3v) is 9.77. The Morgan fingerprint density at radius 3 is 1.92 bits per heavy atom. The molecule has 2 bridgehead atoms. The number of ether oxygens (including phenoxy) is 4. The fourth-order valence-electron chi connectivity index (χ4n) is 8.70. The molecule has 0 radical (unpaired) electrons. The molecule has 4 rings (SSSR count). The van der Waals surface area contributed by atoms with Crippen LogP contribution in [-0.2, 0) is 42.9 Å². The zero-order valence-electron chi connectivity index (χ0n) is 23.1. The maximum atomic E-state index is 14.4. The molecular weight excluding hydrogens is 496 g/mol. The van der Waals surface area contributed by atoms with Crippen LogP contribution in [0.5, 0.6) is 0 Å². The first-order valence-corrected chi connectivity index (χ1v) is 13.1. The highest BCUT2D eigenvalue weighted by atomic mass is 16.6. The quantitative estimate of drug-likeness (QED) is 0.325. The third-order valence-electron chi connectivity index (χ3n) is 9.77. The summed E-state index contributed by atoms with van der Waals surface area (Å²) >= 11 is 0. The summed E-state index contributed by atoms with van der Waals surface area (Å²) in [6.07, 6.45) is -3.22. The SMILES string of the molecule is C=C1C(=O)[C@@]23[C@H]([C@H](OC(C)=O)C[C@]1(O)[C@@H]2OC(C)=O)[C@@]1(C)[C@H](C[C@H]3OC(C)=O)C(C)(C)CC[C@H]1OC(C)=O. The van der Waals surface area contributed by atoms with Crippen LogP contribution in [0.3, 0.4) is 0 Å². The molecule has 0 saturated heterocycles. The van der Waals surface area contributed by atoms with E-state index in [2.05, 4.69) is 20.4 Å². The number of carbonyl (C=O) groups excluding carboxylic acids is 5. The van der Waals surface area contributed by atoms with E-state index in [0.717, 1.165) is 0 Å². The topological polar surface area (TPSA) is 143 Å². The van der Waals surface area contributed by atoms with E-state index in [1.165, 1.54) is 27.7 Å². The Morgan fingerprint density at radius 2 is 1.39 bits per heavy atom. The molecule has 10 nitrogen and oxygen atoms in total. The minimum atomic E-state index is -2.05. The first-order chi connectivity index (χ1) is 17.4. The fraction of sp³-hybridized carbons (Fsp3) is 0.750. The molecule has 1 spiro atoms. The van der Waals surface area contributed by atoms with Crippen LogP contribution < -0.4 is 0 Å². The first-order valence-electron chi connectivity index (χ1n) is 13.1. The highest BCUT2D eigenvalue weighted by molar-refractivity contribution is 6.07. The number of aliphatic hydroxyl groups is 1. The molecule has 0 unspecified atom stereocenters. The Hall–Kier alpha value is -2.75. The molecule has 0 heterocycles. The van der Waals surface area contributed by atoms with Crippen molar-refractivity contribution in [2.24, 2.45) is 28.1 Å². The van der Waals surface area contributed by atoms with E-state index >= 15 is 0 Å². The van der Waals surface area contributed by atoms with Crippen molar-refractivity contribution >= 4 is 29.7 Å². The monoisotopic (exact) mass is 534 g/mol. The largest absolute Gasteiger partial charge is 0.462 e. The van der Waals surface area contributed by atoms with Crippen molar-refractivity contribution in [2.75, 3.05) is 0 Å². The van der Waals surface area contributed by atoms with Gasteiger partial charge in [0.05, 0.1) is 0 Å². The first kappa shape index (κ1) is 28.3. The highest BCUT2D eigenvalue weighted by Gasteiger charge is 2.84. The Balaban J connectivity index is 2.09. The Bertz CT molecular complexity index is 1110. The van der Waals surface area contributed by atoms with Gasteiger partial charge in [0.1, 0.15) is 29.3 Å². The molecule has 4 aliphatic carbocycles. The number of esters is 4. The predicted molar refractivity (Wildman–Crippen MR) is 131 cm³/mol. The van der Waals surface area contributed by atoms with Crippen LogP contribution in [0.15, 0.2) is 12.2 Å². The number of fused-ring (bicyclic) bond motifs is 3. The zero-order valence-corrected chi connectivity index (χ0v) is 23.1. The molecule has 0 amide bonds. The number of hydrogen-bond donors (Lipinski definition) is 1. The van der Waals surface area contributed by atoms with Gasteiger partial charge in [-0.2, -0.15) is 0 Å². The Kier molecular flexibility index (Phi) is 6.61. The molecule has 9 atom stereocenters. The number of Topliss-reactive ketones (excluding diaryl/α,β-unsaturated/α-hetero) is 1. The second-order valence-electron chi connectivity index (χ2n) is 12.4. The summed E-state index contributed by atoms with van der Waals surface area (Å²) in [5.74, 6) is -4.34. The summed E-state index contributed by atoms with van der Waals surface area (Å²) in [6.45, 7) is 14.9. The second kappa shape index (κ2) is 8.89. The number of rotatable bonds is 4. The fourth-order valence-corrected chi connectivity index (χ4v) is 8.70. The van der Waals surface area contributed by atoms with Gasteiger partial charge >= 0.3 is 23.9 Å². The lowest BCUT2D eigenvalue weighted by molar-refractivity contribution is -0.298. The molecule has 0 aromatic carbocycles. The third kappa shape index (κ3) is 3.73. The van der Waals surface area contributed by atoms with Crippen LogP contribution in [0.2, 0.25) is 0 Å². The lowest BCUT2D eigenvalue weighted by Gasteiger charge is -2.68. The average Bonchev–Trinajstić information content (AvgIpc) is 2.85. The predicted octanol–water partition coefficient (Wildman–Crippen LogP) is 2.44. The molecule has 0 aromatic rings. The van der Waals surface area contributed by atoms with Crippen LogP contribution in [-0.4, -0.2) is 64.8 Å². The number of carbonyl (C=O) groups is 5. The molecule has 4 saturated carbocycles. The molecule has 4 fully saturated rings. The summed E-state index contributed by atoms with van der Waals surface area (Å²) in [5.41, 5.74) is -5.41. The van der Waals surface area contributed by atoms with Crippen molar-refractivity contribution in [1.29, 1.82) is 0 Å². The van der Waals surface area contributed by atoms with Crippen LogP contribution in [0, 0.1) is 28.1 Å². The zero-order chi connectivity index (χ0) is 28.6. The van der Waals surface area contributed by atoms with E-state index < -0.39 is 76.4 Å². The molecule has 0 aromatic heterocycles. The van der Waals surface area contributed by atoms with Crippen molar-refractivity contribution in [3.8, 4) is 0 Å². The van der Waals surface area contributed by atoms with E-state index in [4.69, 9.17) is 18.9 Å². The van der Waals surface area contributed by atoms with Gasteiger partial charge in [0.25, 0.3) is 0 Å². The van der Waals surface area contributed by atoms with Gasteiger partial charge in [0, 0.05) is 51.0 Å². The van der Waals surface area contributed by atoms with Gasteiger partial charge in [-0.25, -0.2) is 0 Å². The van der Waals surface area contributed by atoms with E-state index in [1.807, 2.05) is 6.92 Å². The van der Waals surface area contributed by atoms with Gasteiger partial charge in [-0.15, -0.1) is 0 Å². The van der Waals surface area contributed by atoms with Crippen molar-refractivity contribution in [3.05, 3.63) is 12.2 Å². The second-order valence-corrected chi connectivity index (χ2v) is 12.4. The number of ketones is 1. The lowest BCUT2D eigenvalue weighted by Crippen LogP contribution is -2.76. The minimum absolute atomic E-state index is 0.178. The molecule has 10 heteroatoms. The summed E-state index contributed by atoms with van der Waals surface area (Å²) < 4.78 is 23.3.